The second-order valence-corrected chi connectivity index (χ2v) is 4.85. The summed E-state index contributed by atoms with van der Waals surface area (Å²) in [7, 11) is 0. The summed E-state index contributed by atoms with van der Waals surface area (Å²) in [6.07, 6.45) is 0. The van der Waals surface area contributed by atoms with Gasteiger partial charge in [0.15, 0.2) is 10.4 Å². The molecule has 0 saturated heterocycles. The number of benzene rings is 1. The van der Waals surface area contributed by atoms with Gasteiger partial charge in [-0.1, -0.05) is 12.1 Å². The first kappa shape index (κ1) is 12.0. The predicted molar refractivity (Wildman–Crippen MR) is 75.2 cm³/mol. The van der Waals surface area contributed by atoms with Crippen LogP contribution in [0.2, 0.25) is 0 Å². The molecule has 0 atom stereocenters. The highest BCUT2D eigenvalue weighted by molar-refractivity contribution is 7.71. The van der Waals surface area contributed by atoms with E-state index in [1.807, 2.05) is 23.6 Å². The third-order valence-corrected chi connectivity index (χ3v) is 3.33. The number of halogens is 1. The number of imidazole rings is 1. The van der Waals surface area contributed by atoms with Crippen LogP contribution in [0.5, 0.6) is 0 Å². The number of pyridine rings is 1. The Kier molecular flexibility index (Phi) is 2.91. The molecule has 0 saturated carbocycles. The van der Waals surface area contributed by atoms with Gasteiger partial charge in [0.05, 0.1) is 12.1 Å². The molecule has 19 heavy (non-hydrogen) atoms. The number of H-pyrrole nitrogens is 1. The summed E-state index contributed by atoms with van der Waals surface area (Å²) in [4.78, 5) is 7.63. The van der Waals surface area contributed by atoms with Crippen molar-refractivity contribution >= 4 is 23.4 Å². The smallest absolute Gasteiger partial charge is 0.179 e. The summed E-state index contributed by atoms with van der Waals surface area (Å²) in [5.74, 6) is -0.236. The van der Waals surface area contributed by atoms with Crippen molar-refractivity contribution in [3.8, 4) is 0 Å². The molecule has 1 N–H and O–H groups in total. The highest BCUT2D eigenvalue weighted by Crippen LogP contribution is 2.15. The molecule has 0 aliphatic heterocycles. The van der Waals surface area contributed by atoms with Crippen molar-refractivity contribution in [2.45, 2.75) is 13.5 Å². The molecule has 2 aromatic heterocycles. The molecule has 1 aromatic carbocycles. The second-order valence-electron chi connectivity index (χ2n) is 4.47. The quantitative estimate of drug-likeness (QED) is 0.724. The van der Waals surface area contributed by atoms with Gasteiger partial charge in [0.25, 0.3) is 0 Å². The zero-order chi connectivity index (χ0) is 13.4. The minimum Gasteiger partial charge on any atom is -0.329 e. The van der Waals surface area contributed by atoms with Crippen molar-refractivity contribution in [2.75, 3.05) is 0 Å². The lowest BCUT2D eigenvalue weighted by atomic mass is 10.2. The van der Waals surface area contributed by atoms with E-state index >= 15 is 0 Å². The molecular formula is C14H12FN3S. The fraction of sp³-hybridized carbons (Fsp3) is 0.143. The van der Waals surface area contributed by atoms with Crippen LogP contribution in [0.3, 0.4) is 0 Å². The van der Waals surface area contributed by atoms with Gasteiger partial charge in [-0.15, -0.1) is 0 Å². The van der Waals surface area contributed by atoms with E-state index in [9.17, 15) is 4.39 Å². The lowest BCUT2D eigenvalue weighted by Crippen LogP contribution is -2.01. The summed E-state index contributed by atoms with van der Waals surface area (Å²) in [5, 5.41) is 0. The van der Waals surface area contributed by atoms with Crippen LogP contribution < -0.4 is 0 Å². The van der Waals surface area contributed by atoms with Crippen molar-refractivity contribution in [3.63, 3.8) is 0 Å². The molecular weight excluding hydrogens is 261 g/mol. The topological polar surface area (TPSA) is 33.6 Å². The number of nitrogens with one attached hydrogen (secondary N) is 1. The van der Waals surface area contributed by atoms with Crippen LogP contribution in [0, 0.1) is 17.5 Å². The van der Waals surface area contributed by atoms with Crippen molar-refractivity contribution in [1.82, 2.24) is 14.5 Å². The van der Waals surface area contributed by atoms with E-state index in [0.717, 1.165) is 22.4 Å². The van der Waals surface area contributed by atoms with Gasteiger partial charge >= 0.3 is 0 Å². The molecule has 0 bridgehead atoms. The summed E-state index contributed by atoms with van der Waals surface area (Å²) in [6, 6.07) is 10.3. The summed E-state index contributed by atoms with van der Waals surface area (Å²) in [5.41, 5.74) is 3.67. The maximum Gasteiger partial charge on any atom is 0.179 e. The maximum atomic E-state index is 12.9. The van der Waals surface area contributed by atoms with E-state index in [4.69, 9.17) is 12.2 Å². The van der Waals surface area contributed by atoms with Crippen molar-refractivity contribution < 1.29 is 4.39 Å². The first-order valence-corrected chi connectivity index (χ1v) is 6.35. The van der Waals surface area contributed by atoms with E-state index in [0.29, 0.717) is 11.3 Å². The zero-order valence-corrected chi connectivity index (χ0v) is 11.2. The lowest BCUT2D eigenvalue weighted by Gasteiger charge is -2.04. The highest BCUT2D eigenvalue weighted by atomic mass is 32.1. The SMILES string of the molecule is Cc1ccc2[nH]c(=S)n(Cc3ccc(F)cc3)c2n1. The van der Waals surface area contributed by atoms with Gasteiger partial charge < -0.3 is 4.98 Å². The molecule has 3 nitrogen and oxygen atoms in total. The number of nitrogens with zero attached hydrogens (tertiary/aromatic N) is 2. The molecule has 0 unspecified atom stereocenters. The average Bonchev–Trinajstić information content (AvgIpc) is 2.69. The summed E-state index contributed by atoms with van der Waals surface area (Å²) < 4.78 is 15.4. The van der Waals surface area contributed by atoms with Gasteiger partial charge in [0.2, 0.25) is 0 Å². The van der Waals surface area contributed by atoms with Gasteiger partial charge in [0.1, 0.15) is 5.82 Å². The van der Waals surface area contributed by atoms with E-state index in [1.165, 1.54) is 12.1 Å². The number of aromatic nitrogens is 3. The number of rotatable bonds is 2. The van der Waals surface area contributed by atoms with Gasteiger partial charge in [-0.25, -0.2) is 9.37 Å². The summed E-state index contributed by atoms with van der Waals surface area (Å²) in [6.45, 7) is 2.52. The second kappa shape index (κ2) is 4.59. The van der Waals surface area contributed by atoms with Crippen LogP contribution in [0.4, 0.5) is 4.39 Å². The Labute approximate surface area is 114 Å². The fourth-order valence-corrected chi connectivity index (χ4v) is 2.31. The molecule has 0 fully saturated rings. The van der Waals surface area contributed by atoms with Gasteiger partial charge in [-0.2, -0.15) is 0 Å². The third-order valence-electron chi connectivity index (χ3n) is 3.01. The Bertz CT molecular complexity index is 787. The molecule has 3 rings (SSSR count). The first-order valence-electron chi connectivity index (χ1n) is 5.94. The number of aryl methyl sites for hydroxylation is 1. The Balaban J connectivity index is 2.09. The van der Waals surface area contributed by atoms with Crippen LogP contribution in [-0.2, 0) is 6.54 Å². The molecule has 0 spiro atoms. The number of fused-ring (bicyclic) bond motifs is 1. The van der Waals surface area contributed by atoms with E-state index < -0.39 is 0 Å². The van der Waals surface area contributed by atoms with E-state index in [-0.39, 0.29) is 5.82 Å². The van der Waals surface area contributed by atoms with Crippen LogP contribution in [-0.4, -0.2) is 14.5 Å². The number of aromatic amines is 1. The van der Waals surface area contributed by atoms with Crippen LogP contribution >= 0.6 is 12.2 Å². The molecule has 0 amide bonds. The van der Waals surface area contributed by atoms with Crippen LogP contribution in [0.25, 0.3) is 11.2 Å². The predicted octanol–water partition coefficient (Wildman–Crippen LogP) is 3.59. The monoisotopic (exact) mass is 273 g/mol. The summed E-state index contributed by atoms with van der Waals surface area (Å²) >= 11 is 5.31. The number of hydrogen-bond acceptors (Lipinski definition) is 2. The Hall–Kier alpha value is -2.01. The van der Waals surface area contributed by atoms with E-state index in [1.54, 1.807) is 12.1 Å². The van der Waals surface area contributed by atoms with Crippen molar-refractivity contribution in [1.29, 1.82) is 0 Å². The minimum atomic E-state index is -0.236. The average molecular weight is 273 g/mol. The zero-order valence-electron chi connectivity index (χ0n) is 10.4. The first-order chi connectivity index (χ1) is 9.13. The molecule has 3 aromatic rings. The van der Waals surface area contributed by atoms with Crippen LogP contribution in [0.1, 0.15) is 11.3 Å². The fourth-order valence-electron chi connectivity index (χ4n) is 2.04. The van der Waals surface area contributed by atoms with Crippen molar-refractivity contribution in [3.05, 3.63) is 58.2 Å². The van der Waals surface area contributed by atoms with Crippen LogP contribution in [0.15, 0.2) is 36.4 Å². The maximum absolute atomic E-state index is 12.9. The number of hydrogen-bond donors (Lipinski definition) is 1. The van der Waals surface area contributed by atoms with Crippen molar-refractivity contribution in [2.24, 2.45) is 0 Å². The third kappa shape index (κ3) is 2.29. The lowest BCUT2D eigenvalue weighted by molar-refractivity contribution is 0.626. The molecule has 96 valence electrons. The van der Waals surface area contributed by atoms with Gasteiger partial charge in [-0.3, -0.25) is 4.57 Å². The Morgan fingerprint density at radius 3 is 2.68 bits per heavy atom. The molecule has 0 radical (unpaired) electrons. The molecule has 2 heterocycles. The highest BCUT2D eigenvalue weighted by Gasteiger charge is 2.06. The van der Waals surface area contributed by atoms with Gasteiger partial charge in [-0.05, 0) is 49.0 Å². The standard InChI is InChI=1S/C14H12FN3S/c1-9-2-7-12-13(16-9)18(14(19)17-12)8-10-3-5-11(15)6-4-10/h2-7H,8H2,1H3,(H,17,19). The Morgan fingerprint density at radius 1 is 1.21 bits per heavy atom. The Morgan fingerprint density at radius 2 is 1.95 bits per heavy atom. The van der Waals surface area contributed by atoms with E-state index in [2.05, 4.69) is 9.97 Å². The molecule has 0 aliphatic carbocycles. The largest absolute Gasteiger partial charge is 0.329 e. The normalized spacial score (nSPS) is 11.1. The minimum absolute atomic E-state index is 0.236. The molecule has 5 heteroatoms. The van der Waals surface area contributed by atoms with Gasteiger partial charge in [0, 0.05) is 5.69 Å². The molecule has 0 aliphatic rings.